The van der Waals surface area contributed by atoms with Gasteiger partial charge in [0, 0.05) is 0 Å². The summed E-state index contributed by atoms with van der Waals surface area (Å²) in [5, 5.41) is 3.46. The molecule has 2 aromatic rings. The highest BCUT2D eigenvalue weighted by atomic mass is 14.9. The van der Waals surface area contributed by atoms with Gasteiger partial charge in [-0.05, 0) is 125 Å². The number of benzene rings is 2. The van der Waals surface area contributed by atoms with Crippen molar-refractivity contribution in [3.05, 3.63) is 106 Å². The van der Waals surface area contributed by atoms with Gasteiger partial charge in [-0.25, -0.2) is 0 Å². The Balaban J connectivity index is 0.000000324. The van der Waals surface area contributed by atoms with Gasteiger partial charge in [0.2, 0.25) is 0 Å². The maximum Gasteiger partial charge on any atom is -0.00431 e. The highest BCUT2D eigenvalue weighted by molar-refractivity contribution is 5.30. The van der Waals surface area contributed by atoms with Crippen LogP contribution in [0, 0.1) is 5.92 Å². The summed E-state index contributed by atoms with van der Waals surface area (Å²) >= 11 is 0. The zero-order valence-corrected chi connectivity index (χ0v) is 31.0. The van der Waals surface area contributed by atoms with Gasteiger partial charge in [-0.2, -0.15) is 0 Å². The summed E-state index contributed by atoms with van der Waals surface area (Å²) in [5.74, 6) is 1.55. The molecule has 1 fully saturated rings. The molecule has 0 radical (unpaired) electrons. The van der Waals surface area contributed by atoms with Gasteiger partial charge in [0.05, 0.1) is 0 Å². The van der Waals surface area contributed by atoms with Crippen LogP contribution in [0.4, 0.5) is 0 Å². The van der Waals surface area contributed by atoms with Crippen molar-refractivity contribution in [1.82, 2.24) is 5.32 Å². The minimum atomic E-state index is 0.774. The van der Waals surface area contributed by atoms with E-state index in [1.165, 1.54) is 133 Å². The van der Waals surface area contributed by atoms with E-state index >= 15 is 0 Å². The van der Waals surface area contributed by atoms with Gasteiger partial charge in [0.15, 0.2) is 0 Å². The minimum Gasteiger partial charge on any atom is -0.317 e. The van der Waals surface area contributed by atoms with Crippen LogP contribution in [0.3, 0.4) is 0 Å². The molecule has 256 valence electrons. The topological polar surface area (TPSA) is 12.0 Å². The maximum absolute atomic E-state index is 3.46. The number of allylic oxidation sites excluding steroid dienone is 6. The standard InChI is InChI=1S/C25H35N.C18H30.C2H6/c1-2-22-10-7-8-12-23(22)11-6-4-3-5-9-21-13-15-24(16-14-21)25-17-19-26-20-18-25;1-4-7-8-9-10-13-18-14-11-12-16(5-2)15-17(18)6-3;1-2/h7-8,10,12-16,25-26H,2-6,9,11,17-20H2,1H3;5,11-12,14,17H,4,6-10,13,15H2,1-3H3;1-2H3/b;16-5-;. The Bertz CT molecular complexity index is 1110. The Morgan fingerprint density at radius 1 is 0.717 bits per heavy atom. The summed E-state index contributed by atoms with van der Waals surface area (Å²) in [4.78, 5) is 0. The van der Waals surface area contributed by atoms with Crippen LogP contribution in [0.25, 0.3) is 0 Å². The molecular weight excluding hydrogens is 555 g/mol. The number of unbranched alkanes of at least 4 members (excludes halogenated alkanes) is 7. The van der Waals surface area contributed by atoms with Gasteiger partial charge in [0.25, 0.3) is 0 Å². The molecule has 1 heteroatoms. The first-order valence-corrected chi connectivity index (χ1v) is 19.6. The van der Waals surface area contributed by atoms with Crippen LogP contribution in [0.2, 0.25) is 0 Å². The van der Waals surface area contributed by atoms with Crippen LogP contribution in [0.5, 0.6) is 0 Å². The molecule has 0 aromatic heterocycles. The van der Waals surface area contributed by atoms with Crippen molar-refractivity contribution in [3.63, 3.8) is 0 Å². The normalized spacial score (nSPS) is 17.4. The van der Waals surface area contributed by atoms with E-state index in [9.17, 15) is 0 Å². The summed E-state index contributed by atoms with van der Waals surface area (Å²) in [6.07, 6.45) is 31.5. The minimum absolute atomic E-state index is 0.774. The third-order valence-corrected chi connectivity index (χ3v) is 10.0. The zero-order chi connectivity index (χ0) is 33.2. The highest BCUT2D eigenvalue weighted by Crippen LogP contribution is 2.30. The Hall–Kier alpha value is -2.38. The van der Waals surface area contributed by atoms with Gasteiger partial charge in [-0.15, -0.1) is 0 Å². The molecule has 1 aliphatic carbocycles. The molecule has 0 bridgehead atoms. The Morgan fingerprint density at radius 3 is 1.98 bits per heavy atom. The summed E-state index contributed by atoms with van der Waals surface area (Å²) in [5.41, 5.74) is 9.33. The Kier molecular flexibility index (Phi) is 22.2. The van der Waals surface area contributed by atoms with Crippen LogP contribution in [0.1, 0.15) is 160 Å². The summed E-state index contributed by atoms with van der Waals surface area (Å²) in [6.45, 7) is 15.4. The van der Waals surface area contributed by atoms with E-state index in [0.29, 0.717) is 0 Å². The highest BCUT2D eigenvalue weighted by Gasteiger charge is 2.15. The Morgan fingerprint density at radius 2 is 1.35 bits per heavy atom. The van der Waals surface area contributed by atoms with Crippen LogP contribution >= 0.6 is 0 Å². The molecule has 1 N–H and O–H groups in total. The molecule has 2 aromatic carbocycles. The predicted molar refractivity (Wildman–Crippen MR) is 207 cm³/mol. The van der Waals surface area contributed by atoms with E-state index in [-0.39, 0.29) is 0 Å². The quantitative estimate of drug-likeness (QED) is 0.183. The number of piperidine rings is 1. The summed E-state index contributed by atoms with van der Waals surface area (Å²) in [6, 6.07) is 18.4. The average molecular weight is 626 g/mol. The largest absolute Gasteiger partial charge is 0.317 e. The fraction of sp³-hybridized carbons (Fsp3) is 0.600. The lowest BCUT2D eigenvalue weighted by Gasteiger charge is -2.23. The first-order valence-electron chi connectivity index (χ1n) is 19.6. The molecule has 2 aliphatic rings. The van der Waals surface area contributed by atoms with Crippen molar-refractivity contribution in [2.24, 2.45) is 5.92 Å². The number of hydrogen-bond acceptors (Lipinski definition) is 1. The monoisotopic (exact) mass is 626 g/mol. The number of nitrogens with one attached hydrogen (secondary N) is 1. The first-order chi connectivity index (χ1) is 22.7. The lowest BCUT2D eigenvalue weighted by molar-refractivity contribution is 0.460. The van der Waals surface area contributed by atoms with Crippen LogP contribution in [-0.4, -0.2) is 13.1 Å². The number of rotatable bonds is 16. The smallest absolute Gasteiger partial charge is 0.00431 e. The number of aryl methyl sites for hydroxylation is 3. The van der Waals surface area contributed by atoms with E-state index < -0.39 is 0 Å². The van der Waals surface area contributed by atoms with E-state index in [1.807, 2.05) is 13.8 Å². The predicted octanol–water partition coefficient (Wildman–Crippen LogP) is 13.3. The third-order valence-electron chi connectivity index (χ3n) is 10.0. The molecule has 1 atom stereocenters. The maximum atomic E-state index is 3.46. The molecule has 1 heterocycles. The third kappa shape index (κ3) is 15.5. The number of hydrogen-bond donors (Lipinski definition) is 1. The first kappa shape index (κ1) is 39.8. The van der Waals surface area contributed by atoms with E-state index in [1.54, 1.807) is 16.7 Å². The van der Waals surface area contributed by atoms with Crippen molar-refractivity contribution in [2.45, 2.75) is 157 Å². The van der Waals surface area contributed by atoms with Crippen LogP contribution in [0.15, 0.2) is 84.0 Å². The molecule has 4 rings (SSSR count). The fourth-order valence-electron chi connectivity index (χ4n) is 7.01. The molecule has 0 amide bonds. The second-order valence-corrected chi connectivity index (χ2v) is 13.2. The second-order valence-electron chi connectivity index (χ2n) is 13.2. The lowest BCUT2D eigenvalue weighted by Crippen LogP contribution is -2.26. The fourth-order valence-corrected chi connectivity index (χ4v) is 7.01. The van der Waals surface area contributed by atoms with Gasteiger partial charge < -0.3 is 5.32 Å². The van der Waals surface area contributed by atoms with Crippen LogP contribution in [-0.2, 0) is 19.3 Å². The SMILES string of the molecule is C/C=C1/C=CC=C(CCCCCCC)C(CC)C1.CC.CCc1ccccc1CCCCCCc1ccc(C2CCNCC2)cc1. The summed E-state index contributed by atoms with van der Waals surface area (Å²) < 4.78 is 0. The van der Waals surface area contributed by atoms with Crippen molar-refractivity contribution in [3.8, 4) is 0 Å². The molecule has 1 aliphatic heterocycles. The van der Waals surface area contributed by atoms with Crippen molar-refractivity contribution >= 4 is 0 Å². The van der Waals surface area contributed by atoms with E-state index in [2.05, 4.69) is 106 Å². The molecule has 0 spiro atoms. The average Bonchev–Trinajstić information content (AvgIpc) is 3.33. The summed E-state index contributed by atoms with van der Waals surface area (Å²) in [7, 11) is 0. The molecule has 1 nitrogen and oxygen atoms in total. The van der Waals surface area contributed by atoms with Gasteiger partial charge in [-0.1, -0.05) is 157 Å². The van der Waals surface area contributed by atoms with Crippen molar-refractivity contribution in [1.29, 1.82) is 0 Å². The van der Waals surface area contributed by atoms with Crippen LogP contribution < -0.4 is 5.32 Å². The lowest BCUT2D eigenvalue weighted by atomic mass is 9.87. The zero-order valence-electron chi connectivity index (χ0n) is 31.0. The molecule has 1 unspecified atom stereocenters. The van der Waals surface area contributed by atoms with Gasteiger partial charge in [-0.3, -0.25) is 0 Å². The second kappa shape index (κ2) is 25.7. The molecule has 1 saturated heterocycles. The molecular formula is C45H71N. The van der Waals surface area contributed by atoms with Gasteiger partial charge in [0.1, 0.15) is 0 Å². The van der Waals surface area contributed by atoms with Crippen molar-refractivity contribution in [2.75, 3.05) is 13.1 Å². The van der Waals surface area contributed by atoms with E-state index in [4.69, 9.17) is 0 Å². The Labute approximate surface area is 286 Å². The van der Waals surface area contributed by atoms with Crippen molar-refractivity contribution < 1.29 is 0 Å². The molecule has 46 heavy (non-hydrogen) atoms. The van der Waals surface area contributed by atoms with Gasteiger partial charge >= 0.3 is 0 Å². The van der Waals surface area contributed by atoms with E-state index in [0.717, 1.165) is 18.3 Å². The molecule has 0 saturated carbocycles.